The molecule has 0 unspecified atom stereocenters. The number of carbonyl (C=O) groups excluding carboxylic acids is 4. The molecule has 0 aromatic heterocycles. The molecule has 2 aliphatic heterocycles. The van der Waals surface area contributed by atoms with Crippen molar-refractivity contribution in [2.75, 3.05) is 13.2 Å². The minimum absolute atomic E-state index is 0.236. The van der Waals surface area contributed by atoms with Gasteiger partial charge in [-0.05, 0) is 17.7 Å². The number of benzene rings is 1. The topological polar surface area (TPSA) is 124 Å². The molecule has 0 amide bonds. The van der Waals surface area contributed by atoms with Crippen LogP contribution >= 0.6 is 27.5 Å². The molecule has 1 aromatic rings. The van der Waals surface area contributed by atoms with E-state index in [-0.39, 0.29) is 13.2 Å². The van der Waals surface area contributed by atoms with Gasteiger partial charge < -0.3 is 28.4 Å². The van der Waals surface area contributed by atoms with Gasteiger partial charge in [0.15, 0.2) is 17.8 Å². The predicted octanol–water partition coefficient (Wildman–Crippen LogP) is 2.55. The van der Waals surface area contributed by atoms with E-state index in [2.05, 4.69) is 15.9 Å². The number of fused-ring (bicyclic) bond motifs is 2. The SMILES string of the molecule is CC(=O)OC[C@@]12CO[C@@](c3ccc(Cl)c(CBr)c3)(O1)[C@H](OC(C)=O)[C@@H](OC(C)=O)[C@@H]2OC(C)=O. The molecule has 186 valence electrons. The number of ether oxygens (including phenoxy) is 6. The fourth-order valence-electron chi connectivity index (χ4n) is 4.11. The Balaban J connectivity index is 2.23. The minimum atomic E-state index is -1.79. The highest BCUT2D eigenvalue weighted by Crippen LogP contribution is 2.53. The van der Waals surface area contributed by atoms with Crippen LogP contribution < -0.4 is 0 Å². The Bertz CT molecular complexity index is 1000. The van der Waals surface area contributed by atoms with Gasteiger partial charge in [0.05, 0.1) is 6.61 Å². The van der Waals surface area contributed by atoms with Gasteiger partial charge in [-0.2, -0.15) is 0 Å². The lowest BCUT2D eigenvalue weighted by molar-refractivity contribution is -0.334. The third-order valence-corrected chi connectivity index (χ3v) is 6.35. The van der Waals surface area contributed by atoms with Crippen molar-refractivity contribution in [1.82, 2.24) is 0 Å². The van der Waals surface area contributed by atoms with Gasteiger partial charge >= 0.3 is 23.9 Å². The maximum absolute atomic E-state index is 12.1. The van der Waals surface area contributed by atoms with E-state index in [1.807, 2.05) is 0 Å². The molecule has 0 spiro atoms. The summed E-state index contributed by atoms with van der Waals surface area (Å²) in [7, 11) is 0. The molecule has 2 heterocycles. The lowest BCUT2D eigenvalue weighted by Gasteiger charge is -2.49. The van der Waals surface area contributed by atoms with Crippen LogP contribution in [0.15, 0.2) is 18.2 Å². The minimum Gasteiger partial charge on any atom is -0.463 e. The highest BCUT2D eigenvalue weighted by molar-refractivity contribution is 9.08. The zero-order chi connectivity index (χ0) is 25.3. The van der Waals surface area contributed by atoms with Gasteiger partial charge in [-0.3, -0.25) is 19.2 Å². The molecule has 5 atom stereocenters. The molecule has 2 bridgehead atoms. The molecule has 1 aromatic carbocycles. The van der Waals surface area contributed by atoms with E-state index in [1.54, 1.807) is 18.2 Å². The zero-order valence-corrected chi connectivity index (χ0v) is 21.3. The molecular formula is C22H24BrClO10. The normalized spacial score (nSPS) is 29.8. The van der Waals surface area contributed by atoms with Crippen molar-refractivity contribution >= 4 is 51.4 Å². The first-order chi connectivity index (χ1) is 15.9. The van der Waals surface area contributed by atoms with Crippen LogP contribution in [0.1, 0.15) is 38.8 Å². The first-order valence-electron chi connectivity index (χ1n) is 10.3. The zero-order valence-electron chi connectivity index (χ0n) is 18.9. The van der Waals surface area contributed by atoms with Gasteiger partial charge in [-0.15, -0.1) is 0 Å². The summed E-state index contributed by atoms with van der Waals surface area (Å²) < 4.78 is 34.3. The van der Waals surface area contributed by atoms with Gasteiger partial charge in [0.1, 0.15) is 6.61 Å². The summed E-state index contributed by atoms with van der Waals surface area (Å²) in [5, 5.41) is 0.867. The fraction of sp³-hybridized carbons (Fsp3) is 0.545. The first kappa shape index (κ1) is 26.4. The van der Waals surface area contributed by atoms with Crippen LogP contribution in [-0.2, 0) is 58.7 Å². The average molecular weight is 564 g/mol. The Labute approximate surface area is 209 Å². The number of alkyl halides is 1. The van der Waals surface area contributed by atoms with Crippen LogP contribution in [0.25, 0.3) is 0 Å². The second kappa shape index (κ2) is 10.2. The third-order valence-electron chi connectivity index (χ3n) is 5.38. The van der Waals surface area contributed by atoms with Crippen molar-refractivity contribution in [1.29, 1.82) is 0 Å². The Hall–Kier alpha value is -2.21. The van der Waals surface area contributed by atoms with Crippen molar-refractivity contribution in [2.45, 2.75) is 62.7 Å². The van der Waals surface area contributed by atoms with E-state index in [4.69, 9.17) is 40.0 Å². The van der Waals surface area contributed by atoms with Crippen LogP contribution in [0.2, 0.25) is 5.02 Å². The van der Waals surface area contributed by atoms with E-state index < -0.39 is 53.6 Å². The van der Waals surface area contributed by atoms with Gasteiger partial charge in [0, 0.05) is 43.6 Å². The van der Waals surface area contributed by atoms with Gasteiger partial charge in [-0.25, -0.2) is 0 Å². The number of rotatable bonds is 7. The lowest BCUT2D eigenvalue weighted by atomic mass is 9.83. The van der Waals surface area contributed by atoms with Crippen molar-refractivity contribution in [3.63, 3.8) is 0 Å². The molecule has 0 saturated carbocycles. The summed E-state index contributed by atoms with van der Waals surface area (Å²) in [5.41, 5.74) is -0.478. The number of carbonyl (C=O) groups is 4. The number of hydrogen-bond donors (Lipinski definition) is 0. The molecule has 2 saturated heterocycles. The Morgan fingerprint density at radius 1 is 1.00 bits per heavy atom. The van der Waals surface area contributed by atoms with E-state index >= 15 is 0 Å². The van der Waals surface area contributed by atoms with Crippen LogP contribution in [0.3, 0.4) is 0 Å². The second-order valence-corrected chi connectivity index (χ2v) is 8.95. The van der Waals surface area contributed by atoms with Crippen LogP contribution in [0.4, 0.5) is 0 Å². The van der Waals surface area contributed by atoms with Gasteiger partial charge in [-0.1, -0.05) is 33.6 Å². The first-order valence-corrected chi connectivity index (χ1v) is 11.8. The van der Waals surface area contributed by atoms with E-state index in [0.29, 0.717) is 21.5 Å². The van der Waals surface area contributed by atoms with E-state index in [0.717, 1.165) is 13.8 Å². The molecule has 2 fully saturated rings. The molecule has 3 rings (SSSR count). The number of esters is 4. The van der Waals surface area contributed by atoms with Crippen molar-refractivity contribution in [3.05, 3.63) is 34.3 Å². The van der Waals surface area contributed by atoms with Crippen LogP contribution in [0.5, 0.6) is 0 Å². The predicted molar refractivity (Wildman–Crippen MR) is 119 cm³/mol. The monoisotopic (exact) mass is 562 g/mol. The largest absolute Gasteiger partial charge is 0.463 e. The van der Waals surface area contributed by atoms with Gasteiger partial charge in [0.25, 0.3) is 0 Å². The Kier molecular flexibility index (Phi) is 7.91. The van der Waals surface area contributed by atoms with Crippen LogP contribution in [0, 0.1) is 0 Å². The summed E-state index contributed by atoms with van der Waals surface area (Å²) >= 11 is 9.63. The molecule has 34 heavy (non-hydrogen) atoms. The maximum Gasteiger partial charge on any atom is 0.303 e. The second-order valence-electron chi connectivity index (χ2n) is 7.98. The van der Waals surface area contributed by atoms with Crippen molar-refractivity contribution in [2.24, 2.45) is 0 Å². The molecule has 0 aliphatic carbocycles. The number of hydrogen-bond acceptors (Lipinski definition) is 10. The molecule has 0 N–H and O–H groups in total. The standard InChI is InChI=1S/C22H24BrClO10/c1-11(25)29-9-21-10-30-22(34-21,16-5-6-17(24)15(7-16)8-23)20(33-14(4)28)18(31-12(2)26)19(21)32-13(3)27/h5-7,18-20H,8-10H2,1-4H3/t18-,19-,20+,21-,22-/m0/s1. The highest BCUT2D eigenvalue weighted by Gasteiger charge is 2.72. The molecule has 0 radical (unpaired) electrons. The quantitative estimate of drug-likeness (QED) is 0.278. The Morgan fingerprint density at radius 3 is 2.18 bits per heavy atom. The van der Waals surface area contributed by atoms with Crippen LogP contribution in [-0.4, -0.2) is 61.0 Å². The molecule has 10 nitrogen and oxygen atoms in total. The highest BCUT2D eigenvalue weighted by atomic mass is 79.9. The maximum atomic E-state index is 12.1. The van der Waals surface area contributed by atoms with Crippen molar-refractivity contribution < 1.29 is 47.6 Å². The molecule has 12 heteroatoms. The lowest BCUT2D eigenvalue weighted by Crippen LogP contribution is -2.68. The van der Waals surface area contributed by atoms with E-state index in [1.165, 1.54) is 13.8 Å². The average Bonchev–Trinajstić information content (AvgIpc) is 3.11. The fourth-order valence-corrected chi connectivity index (χ4v) is 4.92. The van der Waals surface area contributed by atoms with Crippen molar-refractivity contribution in [3.8, 4) is 0 Å². The molecule has 2 aliphatic rings. The Morgan fingerprint density at radius 2 is 1.62 bits per heavy atom. The molecular weight excluding hydrogens is 540 g/mol. The summed E-state index contributed by atoms with van der Waals surface area (Å²) in [5.74, 6) is -4.57. The van der Waals surface area contributed by atoms with E-state index in [9.17, 15) is 19.2 Å². The third kappa shape index (κ3) is 5.07. The number of halogens is 2. The smallest absolute Gasteiger partial charge is 0.303 e. The summed E-state index contributed by atoms with van der Waals surface area (Å²) in [6.45, 7) is 4.07. The summed E-state index contributed by atoms with van der Waals surface area (Å²) in [6, 6.07) is 4.92. The van der Waals surface area contributed by atoms with Gasteiger partial charge in [0.2, 0.25) is 11.9 Å². The summed E-state index contributed by atoms with van der Waals surface area (Å²) in [6.07, 6.45) is -4.05. The summed E-state index contributed by atoms with van der Waals surface area (Å²) in [4.78, 5) is 47.8.